The summed E-state index contributed by atoms with van der Waals surface area (Å²) >= 11 is 3.41. The lowest BCUT2D eigenvalue weighted by molar-refractivity contribution is -0.384. The minimum atomic E-state index is -0.461. The molecule has 2 aromatic rings. The number of nitro benzene ring substituents is 1. The molecule has 6 nitrogen and oxygen atoms in total. The number of nitrogens with zero attached hydrogens (tertiary/aromatic N) is 2. The molecule has 2 aromatic carbocycles. The number of hydrogen-bond acceptors (Lipinski definition) is 4. The van der Waals surface area contributed by atoms with Crippen LogP contribution in [0.15, 0.2) is 46.9 Å². The van der Waals surface area contributed by atoms with Crippen LogP contribution in [0.5, 0.6) is 5.75 Å². The minimum Gasteiger partial charge on any atom is -0.496 e. The molecule has 24 heavy (non-hydrogen) atoms. The number of carbonyl (C=O) groups excluding carboxylic acids is 1. The van der Waals surface area contributed by atoms with Crippen LogP contribution in [0.3, 0.4) is 0 Å². The third-order valence-corrected chi connectivity index (χ3v) is 4.07. The Balaban J connectivity index is 2.04. The van der Waals surface area contributed by atoms with E-state index < -0.39 is 4.92 Å². The fourth-order valence-corrected chi connectivity index (χ4v) is 2.67. The Morgan fingerprint density at radius 3 is 2.50 bits per heavy atom. The molecule has 126 valence electrons. The minimum absolute atomic E-state index is 0.0124. The van der Waals surface area contributed by atoms with Crippen LogP contribution in [0.2, 0.25) is 0 Å². The van der Waals surface area contributed by atoms with Gasteiger partial charge in [-0.15, -0.1) is 0 Å². The molecule has 0 aromatic heterocycles. The number of non-ortho nitro benzene ring substituents is 1. The van der Waals surface area contributed by atoms with E-state index in [1.165, 1.54) is 12.1 Å². The highest BCUT2D eigenvalue weighted by Crippen LogP contribution is 2.24. The molecule has 0 heterocycles. The van der Waals surface area contributed by atoms with Gasteiger partial charge in [-0.1, -0.05) is 28.1 Å². The highest BCUT2D eigenvalue weighted by Gasteiger charge is 2.14. The Morgan fingerprint density at radius 1 is 1.25 bits per heavy atom. The Kier molecular flexibility index (Phi) is 5.92. The van der Waals surface area contributed by atoms with Gasteiger partial charge in [-0.3, -0.25) is 14.9 Å². The lowest BCUT2D eigenvalue weighted by Crippen LogP contribution is -2.27. The van der Waals surface area contributed by atoms with Crippen LogP contribution in [0.4, 0.5) is 5.69 Å². The molecule has 7 heteroatoms. The van der Waals surface area contributed by atoms with Crippen molar-refractivity contribution in [3.05, 3.63) is 68.2 Å². The molecule has 0 radical (unpaired) electrons. The van der Waals surface area contributed by atoms with Crippen LogP contribution in [0.25, 0.3) is 0 Å². The maximum Gasteiger partial charge on any atom is 0.269 e. The molecule has 0 N–H and O–H groups in total. The van der Waals surface area contributed by atoms with Gasteiger partial charge in [-0.25, -0.2) is 0 Å². The van der Waals surface area contributed by atoms with Crippen molar-refractivity contribution in [2.75, 3.05) is 14.2 Å². The summed E-state index contributed by atoms with van der Waals surface area (Å²) in [4.78, 5) is 24.1. The second kappa shape index (κ2) is 7.92. The van der Waals surface area contributed by atoms with Crippen LogP contribution in [0.1, 0.15) is 11.1 Å². The van der Waals surface area contributed by atoms with Crippen molar-refractivity contribution in [2.24, 2.45) is 0 Å². The highest BCUT2D eigenvalue weighted by atomic mass is 79.9. The lowest BCUT2D eigenvalue weighted by atomic mass is 10.1. The van der Waals surface area contributed by atoms with E-state index in [1.807, 2.05) is 18.2 Å². The molecular weight excluding hydrogens is 376 g/mol. The molecule has 0 saturated carbocycles. The number of amides is 1. The van der Waals surface area contributed by atoms with E-state index in [0.29, 0.717) is 12.3 Å². The molecule has 1 amide bonds. The van der Waals surface area contributed by atoms with Crippen LogP contribution >= 0.6 is 15.9 Å². The molecule has 0 bridgehead atoms. The first-order chi connectivity index (χ1) is 11.4. The average molecular weight is 393 g/mol. The van der Waals surface area contributed by atoms with Crippen molar-refractivity contribution in [2.45, 2.75) is 13.0 Å². The molecule has 0 saturated heterocycles. The standard InChI is InChI=1S/C17H17BrN2O4/c1-19(11-13-10-14(18)5-8-16(13)24-2)17(21)9-12-3-6-15(7-4-12)20(22)23/h3-8,10H,9,11H2,1-2H3. The van der Waals surface area contributed by atoms with Gasteiger partial charge in [-0.05, 0) is 23.8 Å². The molecule has 0 fully saturated rings. The van der Waals surface area contributed by atoms with Crippen molar-refractivity contribution < 1.29 is 14.5 Å². The Labute approximate surface area is 148 Å². The predicted octanol–water partition coefficient (Wildman–Crippen LogP) is 3.57. The zero-order valence-electron chi connectivity index (χ0n) is 13.4. The topological polar surface area (TPSA) is 72.7 Å². The van der Waals surface area contributed by atoms with Crippen molar-refractivity contribution in [3.8, 4) is 5.75 Å². The fourth-order valence-electron chi connectivity index (χ4n) is 2.26. The third-order valence-electron chi connectivity index (χ3n) is 3.58. The summed E-state index contributed by atoms with van der Waals surface area (Å²) in [5, 5.41) is 10.6. The number of likely N-dealkylation sites (N-methyl/N-ethyl adjacent to an activating group) is 1. The van der Waals surface area contributed by atoms with Crippen molar-refractivity contribution in [3.63, 3.8) is 0 Å². The summed E-state index contributed by atoms with van der Waals surface area (Å²) < 4.78 is 6.22. The summed E-state index contributed by atoms with van der Waals surface area (Å²) in [5.74, 6) is 0.638. The van der Waals surface area contributed by atoms with Gasteiger partial charge in [0.2, 0.25) is 5.91 Å². The number of ether oxygens (including phenoxy) is 1. The number of hydrogen-bond donors (Lipinski definition) is 0. The number of benzene rings is 2. The summed E-state index contributed by atoms with van der Waals surface area (Å²) in [6.45, 7) is 0.411. The van der Waals surface area contributed by atoms with E-state index in [-0.39, 0.29) is 18.0 Å². The van der Waals surface area contributed by atoms with Crippen molar-refractivity contribution in [1.29, 1.82) is 0 Å². The van der Waals surface area contributed by atoms with Crippen LogP contribution in [-0.2, 0) is 17.8 Å². The summed E-state index contributed by atoms with van der Waals surface area (Å²) in [6, 6.07) is 11.6. The van der Waals surface area contributed by atoms with Crippen molar-refractivity contribution >= 4 is 27.5 Å². The molecule has 0 atom stereocenters. The average Bonchev–Trinajstić information content (AvgIpc) is 2.55. The number of nitro groups is 1. The quantitative estimate of drug-likeness (QED) is 0.556. The number of carbonyl (C=O) groups is 1. The summed E-state index contributed by atoms with van der Waals surface area (Å²) in [6.07, 6.45) is 0.185. The smallest absolute Gasteiger partial charge is 0.269 e. The monoisotopic (exact) mass is 392 g/mol. The van der Waals surface area contributed by atoms with Gasteiger partial charge in [0.05, 0.1) is 18.5 Å². The van der Waals surface area contributed by atoms with Crippen LogP contribution in [-0.4, -0.2) is 29.9 Å². The maximum absolute atomic E-state index is 12.4. The van der Waals surface area contributed by atoms with Gasteiger partial charge in [-0.2, -0.15) is 0 Å². The number of halogens is 1. The molecular formula is C17H17BrN2O4. The van der Waals surface area contributed by atoms with Crippen LogP contribution < -0.4 is 4.74 Å². The molecule has 0 unspecified atom stereocenters. The first-order valence-corrected chi connectivity index (χ1v) is 7.99. The van der Waals surface area contributed by atoms with E-state index in [4.69, 9.17) is 4.74 Å². The summed E-state index contributed by atoms with van der Waals surface area (Å²) in [5.41, 5.74) is 1.64. The number of methoxy groups -OCH3 is 1. The molecule has 0 aliphatic heterocycles. The van der Waals surface area contributed by atoms with E-state index >= 15 is 0 Å². The fraction of sp³-hybridized carbons (Fsp3) is 0.235. The first kappa shape index (κ1) is 17.9. The zero-order valence-corrected chi connectivity index (χ0v) is 14.9. The lowest BCUT2D eigenvalue weighted by Gasteiger charge is -2.19. The third kappa shape index (κ3) is 4.55. The Morgan fingerprint density at radius 2 is 1.92 bits per heavy atom. The van der Waals surface area contributed by atoms with Gasteiger partial charge in [0.15, 0.2) is 0 Å². The summed E-state index contributed by atoms with van der Waals surface area (Å²) in [7, 11) is 3.31. The van der Waals surface area contributed by atoms with Crippen LogP contribution in [0, 0.1) is 10.1 Å². The molecule has 0 spiro atoms. The number of rotatable bonds is 6. The van der Waals surface area contributed by atoms with Gasteiger partial charge in [0, 0.05) is 35.8 Å². The van der Waals surface area contributed by atoms with E-state index in [2.05, 4.69) is 15.9 Å². The first-order valence-electron chi connectivity index (χ1n) is 7.20. The largest absolute Gasteiger partial charge is 0.496 e. The molecule has 0 aliphatic rings. The van der Waals surface area contributed by atoms with E-state index in [0.717, 1.165) is 15.6 Å². The van der Waals surface area contributed by atoms with Gasteiger partial charge < -0.3 is 9.64 Å². The van der Waals surface area contributed by atoms with Gasteiger partial charge in [0.25, 0.3) is 5.69 Å². The van der Waals surface area contributed by atoms with Gasteiger partial charge >= 0.3 is 0 Å². The highest BCUT2D eigenvalue weighted by molar-refractivity contribution is 9.10. The Hall–Kier alpha value is -2.41. The molecule has 2 rings (SSSR count). The zero-order chi connectivity index (χ0) is 17.7. The Bertz CT molecular complexity index is 747. The van der Waals surface area contributed by atoms with E-state index in [9.17, 15) is 14.9 Å². The second-order valence-electron chi connectivity index (χ2n) is 5.31. The second-order valence-corrected chi connectivity index (χ2v) is 6.22. The normalized spacial score (nSPS) is 10.3. The molecule has 0 aliphatic carbocycles. The maximum atomic E-state index is 12.4. The predicted molar refractivity (Wildman–Crippen MR) is 94.0 cm³/mol. The SMILES string of the molecule is COc1ccc(Br)cc1CN(C)C(=O)Cc1ccc([N+](=O)[O-])cc1. The van der Waals surface area contributed by atoms with Gasteiger partial charge in [0.1, 0.15) is 5.75 Å². The van der Waals surface area contributed by atoms with Crippen molar-refractivity contribution in [1.82, 2.24) is 4.90 Å². The van der Waals surface area contributed by atoms with E-state index in [1.54, 1.807) is 31.2 Å².